The molecule has 0 saturated carbocycles. The van der Waals surface area contributed by atoms with Gasteiger partial charge in [-0.25, -0.2) is 4.79 Å². The summed E-state index contributed by atoms with van der Waals surface area (Å²) < 4.78 is 10.7. The molecule has 2 aromatic carbocycles. The minimum absolute atomic E-state index is 0.342. The molecule has 0 amide bonds. The van der Waals surface area contributed by atoms with Gasteiger partial charge in [-0.05, 0) is 44.5 Å². The van der Waals surface area contributed by atoms with Gasteiger partial charge in [0.2, 0.25) is 0 Å². The quantitative estimate of drug-likeness (QED) is 0.398. The molecule has 0 fully saturated rings. The Morgan fingerprint density at radius 3 is 2.38 bits per heavy atom. The number of hydrogen-bond donors (Lipinski definition) is 0. The third kappa shape index (κ3) is 3.23. The Morgan fingerprint density at radius 1 is 1.00 bits per heavy atom. The molecule has 4 nitrogen and oxygen atoms in total. The molecule has 4 heteroatoms. The number of carbonyl (C=O) groups is 1. The Bertz CT molecular complexity index is 947. The molecule has 1 heterocycles. The van der Waals surface area contributed by atoms with Gasteiger partial charge in [0.1, 0.15) is 11.3 Å². The molecule has 122 valence electrons. The highest BCUT2D eigenvalue weighted by Gasteiger charge is 2.23. The summed E-state index contributed by atoms with van der Waals surface area (Å²) in [7, 11) is 0. The third-order valence-electron chi connectivity index (χ3n) is 3.62. The van der Waals surface area contributed by atoms with E-state index in [1.165, 1.54) is 0 Å². The second-order valence-electron chi connectivity index (χ2n) is 6.65. The average molecular weight is 322 g/mol. The van der Waals surface area contributed by atoms with Gasteiger partial charge in [-0.2, -0.15) is 0 Å². The lowest BCUT2D eigenvalue weighted by atomic mass is 9.97. The first-order valence-electron chi connectivity index (χ1n) is 7.70. The molecular weight excluding hydrogens is 304 g/mol. The maximum atomic E-state index is 12.3. The Labute approximate surface area is 139 Å². The second-order valence-corrected chi connectivity index (χ2v) is 6.65. The number of hydrogen-bond acceptors (Lipinski definition) is 4. The Kier molecular flexibility index (Phi) is 3.97. The van der Waals surface area contributed by atoms with Gasteiger partial charge in [-0.15, -0.1) is 0 Å². The van der Waals surface area contributed by atoms with Crippen LogP contribution in [0.3, 0.4) is 0 Å². The summed E-state index contributed by atoms with van der Waals surface area (Å²) in [6.45, 7) is 5.34. The molecule has 1 aromatic heterocycles. The molecule has 0 aliphatic heterocycles. The lowest BCUT2D eigenvalue weighted by molar-refractivity contribution is -0.142. The fourth-order valence-corrected chi connectivity index (χ4v) is 2.23. The predicted octanol–water partition coefficient (Wildman–Crippen LogP) is 4.41. The minimum atomic E-state index is -0.604. The molecule has 0 N–H and O–H groups in total. The molecule has 0 aliphatic rings. The topological polar surface area (TPSA) is 56.5 Å². The zero-order valence-corrected chi connectivity index (χ0v) is 13.8. The van der Waals surface area contributed by atoms with Gasteiger partial charge in [-0.3, -0.25) is 4.79 Å². The van der Waals surface area contributed by atoms with Crippen LogP contribution in [0.4, 0.5) is 0 Å². The Morgan fingerprint density at radius 2 is 1.71 bits per heavy atom. The molecule has 3 rings (SSSR count). The van der Waals surface area contributed by atoms with Gasteiger partial charge in [0.25, 0.3) is 0 Å². The summed E-state index contributed by atoms with van der Waals surface area (Å²) in [5, 5.41) is 0.768. The smallest absolute Gasteiger partial charge is 0.344 e. The Hall–Kier alpha value is -2.88. The van der Waals surface area contributed by atoms with Crippen LogP contribution >= 0.6 is 0 Å². The predicted molar refractivity (Wildman–Crippen MR) is 93.0 cm³/mol. The molecule has 0 radical (unpaired) electrons. The molecule has 0 saturated heterocycles. The molecule has 0 spiro atoms. The second kappa shape index (κ2) is 5.96. The van der Waals surface area contributed by atoms with Crippen molar-refractivity contribution in [3.05, 3.63) is 65.0 Å². The maximum absolute atomic E-state index is 12.3. The molecule has 0 bridgehead atoms. The van der Waals surface area contributed by atoms with Crippen LogP contribution in [0.15, 0.2) is 63.8 Å². The van der Waals surface area contributed by atoms with Crippen molar-refractivity contribution in [3.63, 3.8) is 0 Å². The summed E-state index contributed by atoms with van der Waals surface area (Å²) >= 11 is 0. The van der Waals surface area contributed by atoms with E-state index in [4.69, 9.17) is 9.15 Å². The highest BCUT2D eigenvalue weighted by atomic mass is 16.5. The van der Waals surface area contributed by atoms with Gasteiger partial charge in [0.15, 0.2) is 0 Å². The molecule has 0 unspecified atom stereocenters. The van der Waals surface area contributed by atoms with E-state index in [9.17, 15) is 9.59 Å². The standard InChI is InChI=1S/C20H18O4/c1-20(2,3)19(22)23-15-10-9-14-11-16(13-7-5-4-6-8-13)18(21)24-17(14)12-15/h4-12H,1-3H3. The molecular formula is C20H18O4. The summed E-state index contributed by atoms with van der Waals surface area (Å²) in [4.78, 5) is 24.2. The van der Waals surface area contributed by atoms with Crippen LogP contribution in [-0.2, 0) is 4.79 Å². The number of esters is 1. The van der Waals surface area contributed by atoms with Crippen molar-refractivity contribution in [1.29, 1.82) is 0 Å². The van der Waals surface area contributed by atoms with E-state index in [0.717, 1.165) is 10.9 Å². The zero-order valence-electron chi connectivity index (χ0n) is 13.8. The van der Waals surface area contributed by atoms with Crippen molar-refractivity contribution in [1.82, 2.24) is 0 Å². The van der Waals surface area contributed by atoms with Crippen molar-refractivity contribution in [2.75, 3.05) is 0 Å². The maximum Gasteiger partial charge on any atom is 0.344 e. The van der Waals surface area contributed by atoms with E-state index < -0.39 is 11.0 Å². The Balaban J connectivity index is 2.01. The fraction of sp³-hybridized carbons (Fsp3) is 0.200. The van der Waals surface area contributed by atoms with Crippen LogP contribution in [-0.4, -0.2) is 5.97 Å². The SMILES string of the molecule is CC(C)(C)C(=O)Oc1ccc2cc(-c3ccccc3)c(=O)oc2c1. The number of ether oxygens (including phenoxy) is 1. The normalized spacial score (nSPS) is 11.5. The van der Waals surface area contributed by atoms with E-state index in [2.05, 4.69) is 0 Å². The van der Waals surface area contributed by atoms with E-state index in [1.54, 1.807) is 45.0 Å². The monoisotopic (exact) mass is 322 g/mol. The summed E-state index contributed by atoms with van der Waals surface area (Å²) in [5.41, 5.74) is 0.665. The molecule has 3 aromatic rings. The summed E-state index contributed by atoms with van der Waals surface area (Å²) in [5.74, 6) is 0.0168. The minimum Gasteiger partial charge on any atom is -0.426 e. The fourth-order valence-electron chi connectivity index (χ4n) is 2.23. The van der Waals surface area contributed by atoms with Gasteiger partial charge >= 0.3 is 11.6 Å². The van der Waals surface area contributed by atoms with Crippen LogP contribution in [0.2, 0.25) is 0 Å². The van der Waals surface area contributed by atoms with Crippen LogP contribution in [0, 0.1) is 5.41 Å². The van der Waals surface area contributed by atoms with Crippen LogP contribution in [0.25, 0.3) is 22.1 Å². The van der Waals surface area contributed by atoms with Crippen LogP contribution in [0.5, 0.6) is 5.75 Å². The highest BCUT2D eigenvalue weighted by molar-refractivity contribution is 5.84. The lowest BCUT2D eigenvalue weighted by Crippen LogP contribution is -2.25. The van der Waals surface area contributed by atoms with Gasteiger partial charge in [0.05, 0.1) is 11.0 Å². The van der Waals surface area contributed by atoms with Crippen molar-refractivity contribution >= 4 is 16.9 Å². The lowest BCUT2D eigenvalue weighted by Gasteiger charge is -2.16. The van der Waals surface area contributed by atoms with Crippen molar-refractivity contribution < 1.29 is 13.9 Å². The van der Waals surface area contributed by atoms with E-state index in [-0.39, 0.29) is 5.97 Å². The average Bonchev–Trinajstić information content (AvgIpc) is 2.54. The number of benzene rings is 2. The largest absolute Gasteiger partial charge is 0.426 e. The molecule has 0 aliphatic carbocycles. The van der Waals surface area contributed by atoms with E-state index in [0.29, 0.717) is 16.9 Å². The first-order valence-corrected chi connectivity index (χ1v) is 7.70. The molecule has 24 heavy (non-hydrogen) atoms. The summed E-state index contributed by atoms with van der Waals surface area (Å²) in [6, 6.07) is 16.2. The van der Waals surface area contributed by atoms with Crippen LogP contribution < -0.4 is 10.4 Å². The first-order chi connectivity index (χ1) is 11.3. The number of fused-ring (bicyclic) bond motifs is 1. The van der Waals surface area contributed by atoms with Crippen molar-refractivity contribution in [3.8, 4) is 16.9 Å². The molecule has 0 atom stereocenters. The zero-order chi connectivity index (χ0) is 17.3. The third-order valence-corrected chi connectivity index (χ3v) is 3.62. The highest BCUT2D eigenvalue weighted by Crippen LogP contribution is 2.26. The van der Waals surface area contributed by atoms with E-state index >= 15 is 0 Å². The van der Waals surface area contributed by atoms with Crippen LogP contribution in [0.1, 0.15) is 20.8 Å². The van der Waals surface area contributed by atoms with Crippen molar-refractivity contribution in [2.24, 2.45) is 5.41 Å². The van der Waals surface area contributed by atoms with E-state index in [1.807, 2.05) is 30.3 Å². The van der Waals surface area contributed by atoms with Gasteiger partial charge in [-0.1, -0.05) is 30.3 Å². The number of carbonyl (C=O) groups excluding carboxylic acids is 1. The summed E-state index contributed by atoms with van der Waals surface area (Å²) in [6.07, 6.45) is 0. The van der Waals surface area contributed by atoms with Gasteiger partial charge < -0.3 is 9.15 Å². The van der Waals surface area contributed by atoms with Crippen molar-refractivity contribution in [2.45, 2.75) is 20.8 Å². The first kappa shape index (κ1) is 16.0. The number of rotatable bonds is 2. The van der Waals surface area contributed by atoms with Gasteiger partial charge in [0, 0.05) is 11.5 Å².